The average molecular weight is 444 g/mol. The van der Waals surface area contributed by atoms with Crippen molar-refractivity contribution >= 4 is 17.3 Å². The topological polar surface area (TPSA) is 47.2 Å². The van der Waals surface area contributed by atoms with Gasteiger partial charge in [0, 0.05) is 45.9 Å². The molecule has 0 N–H and O–H groups in total. The Morgan fingerprint density at radius 1 is 1.00 bits per heavy atom. The summed E-state index contributed by atoms with van der Waals surface area (Å²) in [6, 6.07) is 17.9. The van der Waals surface area contributed by atoms with Crippen molar-refractivity contribution in [3.63, 3.8) is 0 Å². The zero-order valence-corrected chi connectivity index (χ0v) is 18.1. The van der Waals surface area contributed by atoms with Crippen LogP contribution in [0.2, 0.25) is 5.02 Å². The summed E-state index contributed by atoms with van der Waals surface area (Å²) in [6.07, 6.45) is 3.48. The Balaban J connectivity index is 1.47. The fourth-order valence-electron chi connectivity index (χ4n) is 3.97. The van der Waals surface area contributed by atoms with Gasteiger partial charge in [-0.15, -0.1) is 0 Å². The molecule has 1 aliphatic heterocycles. The van der Waals surface area contributed by atoms with Crippen LogP contribution in [0, 0.1) is 12.7 Å². The second-order valence-corrected chi connectivity index (χ2v) is 8.28. The van der Waals surface area contributed by atoms with Crippen LogP contribution < -0.4 is 5.56 Å². The lowest BCUT2D eigenvalue weighted by Crippen LogP contribution is -2.19. The number of aryl methyl sites for hydroxylation is 1. The number of rotatable bonds is 4. The highest BCUT2D eigenvalue weighted by atomic mass is 35.5. The minimum Gasteiger partial charge on any atom is -0.311 e. The lowest BCUT2D eigenvalue weighted by atomic mass is 9.96. The van der Waals surface area contributed by atoms with E-state index in [1.807, 2.05) is 31.2 Å². The van der Waals surface area contributed by atoms with Crippen LogP contribution in [-0.4, -0.2) is 15.3 Å². The van der Waals surface area contributed by atoms with E-state index in [-0.39, 0.29) is 17.9 Å². The normalized spacial score (nSPS) is 12.5. The third kappa shape index (κ3) is 3.87. The van der Waals surface area contributed by atoms with Crippen LogP contribution in [0.5, 0.6) is 0 Å². The average Bonchev–Trinajstić information content (AvgIpc) is 3.21. The molecule has 3 heterocycles. The van der Waals surface area contributed by atoms with Gasteiger partial charge in [-0.25, -0.2) is 4.39 Å². The minimum atomic E-state index is -0.387. The van der Waals surface area contributed by atoms with Gasteiger partial charge >= 0.3 is 0 Å². The van der Waals surface area contributed by atoms with E-state index in [0.717, 1.165) is 39.2 Å². The largest absolute Gasteiger partial charge is 0.311 e. The van der Waals surface area contributed by atoms with Gasteiger partial charge in [-0.05, 0) is 66.1 Å². The predicted molar refractivity (Wildman–Crippen MR) is 125 cm³/mol. The Labute approximate surface area is 189 Å². The molecule has 4 aromatic rings. The first-order valence-electron chi connectivity index (χ1n) is 10.2. The Kier molecular flexibility index (Phi) is 5.19. The fraction of sp³-hybridized carbons (Fsp3) is 0.115. The number of hydrogen-bond donors (Lipinski definition) is 0. The molecular weight excluding hydrogens is 425 g/mol. The third-order valence-corrected chi connectivity index (χ3v) is 5.86. The summed E-state index contributed by atoms with van der Waals surface area (Å²) in [5.74, 6) is -0.387. The molecule has 1 aliphatic rings. The van der Waals surface area contributed by atoms with Gasteiger partial charge in [0.1, 0.15) is 5.82 Å². The lowest BCUT2D eigenvalue weighted by Gasteiger charge is -2.11. The third-order valence-electron chi connectivity index (χ3n) is 5.62. The summed E-state index contributed by atoms with van der Waals surface area (Å²) < 4.78 is 15.5. The molecular formula is C26H19ClFN3O. The molecule has 0 radical (unpaired) electrons. The molecule has 4 nitrogen and oxygen atoms in total. The number of fused-ring (bicyclic) bond motifs is 1. The first-order valence-corrected chi connectivity index (χ1v) is 10.6. The maximum absolute atomic E-state index is 14.1. The van der Waals surface area contributed by atoms with Crippen LogP contribution in [0.4, 0.5) is 4.39 Å². The summed E-state index contributed by atoms with van der Waals surface area (Å²) in [5, 5.41) is 0.436. The van der Waals surface area contributed by atoms with Crippen LogP contribution in [0.25, 0.3) is 11.1 Å². The number of hydrogen-bond acceptors (Lipinski definition) is 3. The molecule has 0 saturated heterocycles. The van der Waals surface area contributed by atoms with Gasteiger partial charge in [-0.2, -0.15) is 0 Å². The molecule has 2 aromatic heterocycles. The van der Waals surface area contributed by atoms with Crippen molar-refractivity contribution in [1.82, 2.24) is 9.55 Å². The maximum Gasteiger partial charge on any atom is 0.251 e. The van der Waals surface area contributed by atoms with Crippen molar-refractivity contribution in [2.45, 2.75) is 20.0 Å². The summed E-state index contributed by atoms with van der Waals surface area (Å²) in [5.41, 5.74) is 7.04. The molecule has 0 bridgehead atoms. The van der Waals surface area contributed by atoms with Crippen molar-refractivity contribution in [3.8, 4) is 11.1 Å². The predicted octanol–water partition coefficient (Wildman–Crippen LogP) is 5.41. The second-order valence-electron chi connectivity index (χ2n) is 7.84. The van der Waals surface area contributed by atoms with E-state index in [1.54, 1.807) is 24.5 Å². The Hall–Kier alpha value is -3.57. The Morgan fingerprint density at radius 3 is 2.66 bits per heavy atom. The minimum absolute atomic E-state index is 0.119. The molecule has 32 heavy (non-hydrogen) atoms. The highest BCUT2D eigenvalue weighted by Gasteiger charge is 2.18. The number of nitrogens with zero attached hydrogens (tertiary/aromatic N) is 3. The number of halogens is 2. The summed E-state index contributed by atoms with van der Waals surface area (Å²) in [4.78, 5) is 21.7. The highest BCUT2D eigenvalue weighted by Crippen LogP contribution is 2.28. The molecule has 0 spiro atoms. The molecule has 5 rings (SSSR count). The van der Waals surface area contributed by atoms with Crippen molar-refractivity contribution in [2.24, 2.45) is 4.99 Å². The molecule has 0 atom stereocenters. The summed E-state index contributed by atoms with van der Waals surface area (Å²) in [7, 11) is 0. The first-order chi connectivity index (χ1) is 15.5. The molecule has 2 aromatic carbocycles. The van der Waals surface area contributed by atoms with Crippen molar-refractivity contribution < 1.29 is 4.39 Å². The summed E-state index contributed by atoms with van der Waals surface area (Å²) in [6.45, 7) is 2.72. The van der Waals surface area contributed by atoms with Crippen LogP contribution in [-0.2, 0) is 13.1 Å². The second kappa shape index (κ2) is 8.17. The van der Waals surface area contributed by atoms with Gasteiger partial charge < -0.3 is 4.57 Å². The van der Waals surface area contributed by atoms with Gasteiger partial charge in [-0.1, -0.05) is 23.7 Å². The van der Waals surface area contributed by atoms with E-state index in [0.29, 0.717) is 17.1 Å². The summed E-state index contributed by atoms with van der Waals surface area (Å²) >= 11 is 5.97. The zero-order valence-electron chi connectivity index (χ0n) is 17.3. The molecule has 0 saturated carbocycles. The van der Waals surface area contributed by atoms with Crippen LogP contribution >= 0.6 is 11.6 Å². The number of pyridine rings is 2. The molecule has 0 amide bonds. The standard InChI is InChI=1S/C26H19ClFN3O/c1-16-10-19(6-8-29-16)26-23-12-17(2-3-20(23)14-30-26)18-7-9-31(25(32)13-18)15-21-11-22(27)4-5-24(21)28/h2-13H,14-15H2,1H3. The maximum atomic E-state index is 14.1. The molecule has 158 valence electrons. The van der Waals surface area contributed by atoms with E-state index in [1.165, 1.54) is 16.7 Å². The van der Waals surface area contributed by atoms with Crippen LogP contribution in [0.15, 0.2) is 82.8 Å². The lowest BCUT2D eigenvalue weighted by molar-refractivity contribution is 0.596. The molecule has 6 heteroatoms. The van der Waals surface area contributed by atoms with Crippen LogP contribution in [0.3, 0.4) is 0 Å². The zero-order chi connectivity index (χ0) is 22.2. The number of aliphatic imine (C=N–C) groups is 1. The number of aromatic nitrogens is 2. The number of benzene rings is 2. The molecule has 0 unspecified atom stereocenters. The quantitative estimate of drug-likeness (QED) is 0.423. The van der Waals surface area contributed by atoms with Crippen LogP contribution in [0.1, 0.15) is 27.9 Å². The van der Waals surface area contributed by atoms with Crippen molar-refractivity contribution in [3.05, 3.63) is 122 Å². The van der Waals surface area contributed by atoms with Gasteiger partial charge in [0.25, 0.3) is 5.56 Å². The SMILES string of the molecule is Cc1cc(C2=NCc3ccc(-c4ccn(Cc5cc(Cl)ccc5F)c(=O)c4)cc32)ccn1. The molecule has 0 fully saturated rings. The van der Waals surface area contributed by atoms with E-state index in [9.17, 15) is 9.18 Å². The van der Waals surface area contributed by atoms with E-state index < -0.39 is 0 Å². The van der Waals surface area contributed by atoms with E-state index in [2.05, 4.69) is 17.1 Å². The smallest absolute Gasteiger partial charge is 0.251 e. The van der Waals surface area contributed by atoms with Gasteiger partial charge in [0.15, 0.2) is 0 Å². The Bertz CT molecular complexity index is 1440. The van der Waals surface area contributed by atoms with Crippen molar-refractivity contribution in [2.75, 3.05) is 0 Å². The first kappa shape index (κ1) is 20.3. The monoisotopic (exact) mass is 443 g/mol. The van der Waals surface area contributed by atoms with E-state index in [4.69, 9.17) is 16.6 Å². The highest BCUT2D eigenvalue weighted by molar-refractivity contribution is 6.30. The fourth-order valence-corrected chi connectivity index (χ4v) is 4.16. The van der Waals surface area contributed by atoms with Gasteiger partial charge in [-0.3, -0.25) is 14.8 Å². The molecule has 0 aliphatic carbocycles. The van der Waals surface area contributed by atoms with E-state index >= 15 is 0 Å². The van der Waals surface area contributed by atoms with Gasteiger partial charge in [0.05, 0.1) is 18.8 Å². The van der Waals surface area contributed by atoms with Crippen molar-refractivity contribution in [1.29, 1.82) is 0 Å². The van der Waals surface area contributed by atoms with Gasteiger partial charge in [0.2, 0.25) is 0 Å². The Morgan fingerprint density at radius 2 is 1.84 bits per heavy atom.